The predicted molar refractivity (Wildman–Crippen MR) is 99.0 cm³/mol. The molecule has 0 unspecified atom stereocenters. The van der Waals surface area contributed by atoms with Gasteiger partial charge in [-0.05, 0) is 60.4 Å². The van der Waals surface area contributed by atoms with Crippen LogP contribution in [0.5, 0.6) is 5.75 Å². The second-order valence-electron chi connectivity index (χ2n) is 6.20. The van der Waals surface area contributed by atoms with E-state index in [1.165, 1.54) is 4.90 Å². The van der Waals surface area contributed by atoms with Crippen molar-refractivity contribution in [3.8, 4) is 5.75 Å². The summed E-state index contributed by atoms with van der Waals surface area (Å²) in [7, 11) is 1.60. The Hall–Kier alpha value is -3.22. The first-order valence-electron chi connectivity index (χ1n) is 8.28. The zero-order valence-corrected chi connectivity index (χ0v) is 14.7. The smallest absolute Gasteiger partial charge is 0.407 e. The summed E-state index contributed by atoms with van der Waals surface area (Å²) in [6.45, 7) is 2.73. The molecule has 136 valence electrons. The second kappa shape index (κ2) is 7.35. The molecule has 1 heterocycles. The number of carbonyl (C=O) groups excluding carboxylic acids is 1. The van der Waals surface area contributed by atoms with Gasteiger partial charge in [-0.1, -0.05) is 6.07 Å². The van der Waals surface area contributed by atoms with Crippen LogP contribution in [0.1, 0.15) is 16.7 Å². The molecule has 7 heteroatoms. The van der Waals surface area contributed by atoms with Gasteiger partial charge < -0.3 is 25.4 Å². The van der Waals surface area contributed by atoms with Crippen molar-refractivity contribution >= 4 is 23.5 Å². The summed E-state index contributed by atoms with van der Waals surface area (Å²) < 4.78 is 5.16. The van der Waals surface area contributed by atoms with Crippen LogP contribution in [-0.2, 0) is 13.0 Å². The second-order valence-corrected chi connectivity index (χ2v) is 6.20. The number of carbonyl (C=O) groups is 2. The number of benzene rings is 2. The minimum absolute atomic E-state index is 0.332. The minimum atomic E-state index is -0.910. The highest BCUT2D eigenvalue weighted by molar-refractivity contribution is 6.00. The molecule has 0 aromatic heterocycles. The first-order chi connectivity index (χ1) is 12.5. The molecule has 0 saturated carbocycles. The van der Waals surface area contributed by atoms with Crippen molar-refractivity contribution in [2.75, 3.05) is 24.3 Å². The SMILES string of the molecule is COc1ccc(NC(=O)Nc2ccc3c(c2)CCN(C(=O)O)C3)c(C)c1. The Morgan fingerprint density at radius 1 is 1.12 bits per heavy atom. The molecule has 1 aliphatic rings. The number of ether oxygens (including phenoxy) is 1. The summed E-state index contributed by atoms with van der Waals surface area (Å²) in [5.41, 5.74) is 4.31. The van der Waals surface area contributed by atoms with Gasteiger partial charge >= 0.3 is 12.1 Å². The number of carboxylic acid groups (broad SMARTS) is 1. The highest BCUT2D eigenvalue weighted by atomic mass is 16.5. The van der Waals surface area contributed by atoms with Crippen molar-refractivity contribution in [3.63, 3.8) is 0 Å². The lowest BCUT2D eigenvalue weighted by molar-refractivity contribution is 0.140. The largest absolute Gasteiger partial charge is 0.497 e. The first-order valence-corrected chi connectivity index (χ1v) is 8.28. The number of hydrogen-bond acceptors (Lipinski definition) is 3. The van der Waals surface area contributed by atoms with Crippen LogP contribution in [0, 0.1) is 6.92 Å². The molecule has 0 spiro atoms. The van der Waals surface area contributed by atoms with E-state index in [9.17, 15) is 9.59 Å². The fraction of sp³-hybridized carbons (Fsp3) is 0.263. The molecule has 1 aliphatic heterocycles. The zero-order chi connectivity index (χ0) is 18.7. The maximum Gasteiger partial charge on any atom is 0.407 e. The van der Waals surface area contributed by atoms with Gasteiger partial charge in [-0.25, -0.2) is 9.59 Å². The van der Waals surface area contributed by atoms with E-state index in [2.05, 4.69) is 10.6 Å². The summed E-state index contributed by atoms with van der Waals surface area (Å²) in [4.78, 5) is 24.7. The molecule has 7 nitrogen and oxygen atoms in total. The van der Waals surface area contributed by atoms with Crippen LogP contribution < -0.4 is 15.4 Å². The number of rotatable bonds is 3. The van der Waals surface area contributed by atoms with Crippen molar-refractivity contribution in [2.45, 2.75) is 19.9 Å². The average Bonchev–Trinajstić information content (AvgIpc) is 2.62. The molecule has 0 saturated heterocycles. The van der Waals surface area contributed by atoms with E-state index in [1.807, 2.05) is 25.1 Å². The van der Waals surface area contributed by atoms with Gasteiger partial charge in [0, 0.05) is 24.5 Å². The third-order valence-electron chi connectivity index (χ3n) is 4.43. The lowest BCUT2D eigenvalue weighted by Crippen LogP contribution is -2.34. The quantitative estimate of drug-likeness (QED) is 0.783. The van der Waals surface area contributed by atoms with E-state index >= 15 is 0 Å². The van der Waals surface area contributed by atoms with Crippen LogP contribution in [0.25, 0.3) is 0 Å². The fourth-order valence-corrected chi connectivity index (χ4v) is 2.98. The average molecular weight is 355 g/mol. The van der Waals surface area contributed by atoms with Crippen molar-refractivity contribution in [1.82, 2.24) is 4.90 Å². The topological polar surface area (TPSA) is 90.9 Å². The van der Waals surface area contributed by atoms with Crippen molar-refractivity contribution in [2.24, 2.45) is 0 Å². The molecule has 26 heavy (non-hydrogen) atoms. The lowest BCUT2D eigenvalue weighted by Gasteiger charge is -2.26. The Morgan fingerprint density at radius 3 is 2.62 bits per heavy atom. The normalized spacial score (nSPS) is 12.9. The Labute approximate surface area is 151 Å². The number of fused-ring (bicyclic) bond motifs is 1. The Kier molecular flexibility index (Phi) is 4.97. The van der Waals surface area contributed by atoms with Crippen molar-refractivity contribution in [3.05, 3.63) is 53.1 Å². The summed E-state index contributed by atoms with van der Waals surface area (Å²) in [6.07, 6.45) is -0.275. The molecular formula is C19H21N3O4. The summed E-state index contributed by atoms with van der Waals surface area (Å²) >= 11 is 0. The van der Waals surface area contributed by atoms with Gasteiger partial charge in [0.1, 0.15) is 5.75 Å². The third-order valence-corrected chi connectivity index (χ3v) is 4.43. The van der Waals surface area contributed by atoms with Crippen LogP contribution in [0.15, 0.2) is 36.4 Å². The van der Waals surface area contributed by atoms with E-state index in [-0.39, 0.29) is 6.03 Å². The third kappa shape index (κ3) is 3.88. The zero-order valence-electron chi connectivity index (χ0n) is 14.7. The van der Waals surface area contributed by atoms with Gasteiger partial charge in [-0.2, -0.15) is 0 Å². The number of amides is 3. The first kappa shape index (κ1) is 17.6. The van der Waals surface area contributed by atoms with Gasteiger partial charge in [0.2, 0.25) is 0 Å². The molecule has 0 fully saturated rings. The van der Waals surface area contributed by atoms with E-state index in [1.54, 1.807) is 25.3 Å². The molecule has 0 radical (unpaired) electrons. The maximum absolute atomic E-state index is 12.3. The van der Waals surface area contributed by atoms with E-state index in [0.29, 0.717) is 30.9 Å². The molecule has 0 aliphatic carbocycles. The molecule has 0 bridgehead atoms. The van der Waals surface area contributed by atoms with Gasteiger partial charge in [0.05, 0.1) is 7.11 Å². The Morgan fingerprint density at radius 2 is 1.92 bits per heavy atom. The van der Waals surface area contributed by atoms with Crippen molar-refractivity contribution < 1.29 is 19.4 Å². The number of urea groups is 1. The minimum Gasteiger partial charge on any atom is -0.497 e. The van der Waals surface area contributed by atoms with Gasteiger partial charge in [-0.3, -0.25) is 0 Å². The van der Waals surface area contributed by atoms with Crippen LogP contribution >= 0.6 is 0 Å². The monoisotopic (exact) mass is 355 g/mol. The number of nitrogens with zero attached hydrogens (tertiary/aromatic N) is 1. The number of methoxy groups -OCH3 is 1. The Bertz CT molecular complexity index is 851. The molecule has 3 rings (SSSR count). The predicted octanol–water partition coefficient (Wildman–Crippen LogP) is 3.68. The van der Waals surface area contributed by atoms with Gasteiger partial charge in [0.15, 0.2) is 0 Å². The van der Waals surface area contributed by atoms with Gasteiger partial charge in [0.25, 0.3) is 0 Å². The molecule has 3 amide bonds. The van der Waals surface area contributed by atoms with E-state index in [0.717, 1.165) is 22.4 Å². The van der Waals surface area contributed by atoms with Gasteiger partial charge in [-0.15, -0.1) is 0 Å². The number of nitrogens with one attached hydrogen (secondary N) is 2. The standard InChI is InChI=1S/C19H21N3O4/c1-12-9-16(26-2)5-6-17(12)21-18(23)20-15-4-3-14-11-22(19(24)25)8-7-13(14)10-15/h3-6,9-10H,7-8,11H2,1-2H3,(H,24,25)(H2,20,21,23). The summed E-state index contributed by atoms with van der Waals surface area (Å²) in [6, 6.07) is 10.6. The highest BCUT2D eigenvalue weighted by Crippen LogP contribution is 2.24. The maximum atomic E-state index is 12.3. The summed E-state index contributed by atoms with van der Waals surface area (Å²) in [5, 5.41) is 14.7. The van der Waals surface area contributed by atoms with Crippen molar-refractivity contribution in [1.29, 1.82) is 0 Å². The molecule has 0 atom stereocenters. The number of anilines is 2. The Balaban J connectivity index is 1.66. The number of aryl methyl sites for hydroxylation is 1. The highest BCUT2D eigenvalue weighted by Gasteiger charge is 2.20. The summed E-state index contributed by atoms with van der Waals surface area (Å²) in [5.74, 6) is 0.735. The van der Waals surface area contributed by atoms with Crippen LogP contribution in [-0.4, -0.2) is 35.8 Å². The molecule has 3 N–H and O–H groups in total. The van der Waals surface area contributed by atoms with Crippen LogP contribution in [0.4, 0.5) is 21.0 Å². The molecule has 2 aromatic carbocycles. The van der Waals surface area contributed by atoms with Crippen LogP contribution in [0.2, 0.25) is 0 Å². The molecule has 2 aromatic rings. The number of hydrogen-bond donors (Lipinski definition) is 3. The lowest BCUT2D eigenvalue weighted by atomic mass is 9.99. The van der Waals surface area contributed by atoms with Crippen LogP contribution in [0.3, 0.4) is 0 Å². The molecular weight excluding hydrogens is 334 g/mol. The fourth-order valence-electron chi connectivity index (χ4n) is 2.98. The van der Waals surface area contributed by atoms with E-state index in [4.69, 9.17) is 9.84 Å². The van der Waals surface area contributed by atoms with E-state index < -0.39 is 6.09 Å².